The molecule has 3 nitrogen and oxygen atoms in total. The van der Waals surface area contributed by atoms with E-state index in [-0.39, 0.29) is 0 Å². The first-order chi connectivity index (χ1) is 16.9. The number of rotatable bonds is 18. The van der Waals surface area contributed by atoms with Gasteiger partial charge in [0.2, 0.25) is 5.88 Å². The molecule has 188 valence electrons. The van der Waals surface area contributed by atoms with Crippen LogP contribution in [0.15, 0.2) is 36.5 Å². The van der Waals surface area contributed by atoms with Crippen LogP contribution >= 0.6 is 0 Å². The first-order valence-corrected chi connectivity index (χ1v) is 14.4. The maximum absolute atomic E-state index is 6.24. The second-order valence-corrected chi connectivity index (χ2v) is 10.3. The molecule has 1 aromatic carbocycles. The molecule has 1 heterocycles. The number of hydrogen-bond donors (Lipinski definition) is 0. The van der Waals surface area contributed by atoms with Gasteiger partial charge >= 0.3 is 0 Å². The van der Waals surface area contributed by atoms with Gasteiger partial charge in [0, 0.05) is 17.3 Å². The van der Waals surface area contributed by atoms with Crippen LogP contribution in [0.5, 0.6) is 5.88 Å². The molecule has 0 N–H and O–H groups in total. The Labute approximate surface area is 209 Å². The lowest BCUT2D eigenvalue weighted by atomic mass is 9.99. The second-order valence-electron chi connectivity index (χ2n) is 10.3. The van der Waals surface area contributed by atoms with E-state index in [1.807, 2.05) is 24.4 Å². The minimum absolute atomic E-state index is 0.761. The van der Waals surface area contributed by atoms with Crippen molar-refractivity contribution in [3.05, 3.63) is 42.1 Å². The molecule has 1 fully saturated rings. The van der Waals surface area contributed by atoms with Gasteiger partial charge in [-0.25, -0.2) is 4.98 Å². The number of benzene rings is 1. The van der Waals surface area contributed by atoms with Crippen molar-refractivity contribution < 1.29 is 4.74 Å². The van der Waals surface area contributed by atoms with Crippen molar-refractivity contribution in [3.63, 3.8) is 0 Å². The summed E-state index contributed by atoms with van der Waals surface area (Å²) in [4.78, 5) is 9.50. The van der Waals surface area contributed by atoms with Crippen molar-refractivity contribution in [1.82, 2.24) is 9.97 Å². The molecule has 0 radical (unpaired) electrons. The summed E-state index contributed by atoms with van der Waals surface area (Å²) in [6.45, 7) is 3.03. The Balaban J connectivity index is 1.39. The standard InChI is InChI=1S/C31H48N2O/c1-2-3-4-5-9-13-24-29-26-32-30(28-22-14-11-15-23-28)33-31(29)34-25-18-10-7-6-8-12-19-27-20-16-17-21-27/h11,14-15,22-23,26-27H,2-10,12-13,16-21,24-25H2,1H3. The van der Waals surface area contributed by atoms with Gasteiger partial charge in [0.05, 0.1) is 6.61 Å². The molecule has 0 aliphatic heterocycles. The quantitative estimate of drug-likeness (QED) is 0.206. The van der Waals surface area contributed by atoms with Gasteiger partial charge in [0.15, 0.2) is 5.82 Å². The topological polar surface area (TPSA) is 35.0 Å². The summed E-state index contributed by atoms with van der Waals surface area (Å²) < 4.78 is 6.24. The summed E-state index contributed by atoms with van der Waals surface area (Å²) in [7, 11) is 0. The third-order valence-electron chi connectivity index (χ3n) is 7.38. The van der Waals surface area contributed by atoms with E-state index in [4.69, 9.17) is 9.72 Å². The number of hydrogen-bond acceptors (Lipinski definition) is 3. The predicted molar refractivity (Wildman–Crippen MR) is 144 cm³/mol. The van der Waals surface area contributed by atoms with Crippen LogP contribution in [0.3, 0.4) is 0 Å². The Morgan fingerprint density at radius 1 is 0.794 bits per heavy atom. The summed E-state index contributed by atoms with van der Waals surface area (Å²) in [5, 5.41) is 0. The van der Waals surface area contributed by atoms with Crippen LogP contribution in [-0.2, 0) is 6.42 Å². The van der Waals surface area contributed by atoms with Crippen LogP contribution in [0.2, 0.25) is 0 Å². The average Bonchev–Trinajstić information content (AvgIpc) is 3.40. The number of nitrogens with zero attached hydrogens (tertiary/aromatic N) is 2. The van der Waals surface area contributed by atoms with E-state index in [9.17, 15) is 0 Å². The summed E-state index contributed by atoms with van der Waals surface area (Å²) in [5.41, 5.74) is 2.22. The minimum Gasteiger partial charge on any atom is -0.477 e. The fourth-order valence-corrected chi connectivity index (χ4v) is 5.22. The SMILES string of the molecule is CCCCCCCCc1cnc(-c2ccccc2)nc1OCCCCCCCCC1CCCC1. The van der Waals surface area contributed by atoms with Crippen LogP contribution < -0.4 is 4.74 Å². The van der Waals surface area contributed by atoms with Crippen LogP contribution in [0.25, 0.3) is 11.4 Å². The van der Waals surface area contributed by atoms with E-state index >= 15 is 0 Å². The highest BCUT2D eigenvalue weighted by Crippen LogP contribution is 2.29. The normalized spacial score (nSPS) is 14.0. The van der Waals surface area contributed by atoms with Crippen LogP contribution in [-0.4, -0.2) is 16.6 Å². The summed E-state index contributed by atoms with van der Waals surface area (Å²) in [5.74, 6) is 2.62. The van der Waals surface area contributed by atoms with Gasteiger partial charge in [-0.15, -0.1) is 0 Å². The maximum Gasteiger partial charge on any atom is 0.220 e. The molecule has 1 aliphatic rings. The molecule has 3 rings (SSSR count). The van der Waals surface area contributed by atoms with Crippen molar-refractivity contribution in [1.29, 1.82) is 0 Å². The van der Waals surface area contributed by atoms with Crippen molar-refractivity contribution in [3.8, 4) is 17.3 Å². The summed E-state index contributed by atoms with van der Waals surface area (Å²) in [6.07, 6.45) is 26.1. The highest BCUT2D eigenvalue weighted by molar-refractivity contribution is 5.55. The zero-order chi connectivity index (χ0) is 23.7. The van der Waals surface area contributed by atoms with Crippen molar-refractivity contribution in [2.24, 2.45) is 5.92 Å². The Kier molecular flexibility index (Phi) is 13.1. The number of aryl methyl sites for hydroxylation is 1. The maximum atomic E-state index is 6.24. The smallest absolute Gasteiger partial charge is 0.220 e. The van der Waals surface area contributed by atoms with Gasteiger partial charge in [0.25, 0.3) is 0 Å². The first-order valence-electron chi connectivity index (χ1n) is 14.4. The molecular weight excluding hydrogens is 416 g/mol. The minimum atomic E-state index is 0.761. The van der Waals surface area contributed by atoms with E-state index < -0.39 is 0 Å². The average molecular weight is 465 g/mol. The number of aromatic nitrogens is 2. The first kappa shape index (κ1) is 26.7. The molecule has 0 unspecified atom stereocenters. The van der Waals surface area contributed by atoms with Gasteiger partial charge in [-0.3, -0.25) is 0 Å². The molecule has 1 saturated carbocycles. The molecule has 0 saturated heterocycles. The third kappa shape index (κ3) is 10.2. The molecule has 0 bridgehead atoms. The fourth-order valence-electron chi connectivity index (χ4n) is 5.22. The predicted octanol–water partition coefficient (Wildman–Crippen LogP) is 9.35. The van der Waals surface area contributed by atoms with Crippen LogP contribution in [0, 0.1) is 5.92 Å². The van der Waals surface area contributed by atoms with Crippen molar-refractivity contribution in [2.75, 3.05) is 6.61 Å². The van der Waals surface area contributed by atoms with Gasteiger partial charge in [0.1, 0.15) is 0 Å². The van der Waals surface area contributed by atoms with E-state index in [0.717, 1.165) is 42.6 Å². The van der Waals surface area contributed by atoms with E-state index in [1.165, 1.54) is 108 Å². The van der Waals surface area contributed by atoms with Crippen molar-refractivity contribution in [2.45, 2.75) is 122 Å². The number of unbranched alkanes of at least 4 members (excludes halogenated alkanes) is 10. The van der Waals surface area contributed by atoms with Crippen LogP contribution in [0.1, 0.15) is 122 Å². The van der Waals surface area contributed by atoms with Gasteiger partial charge in [-0.1, -0.05) is 134 Å². The van der Waals surface area contributed by atoms with Gasteiger partial charge in [-0.2, -0.15) is 4.98 Å². The molecule has 3 heteroatoms. The Morgan fingerprint density at radius 3 is 2.24 bits per heavy atom. The van der Waals surface area contributed by atoms with E-state index in [0.29, 0.717) is 0 Å². The van der Waals surface area contributed by atoms with E-state index in [2.05, 4.69) is 24.0 Å². The Hall–Kier alpha value is -1.90. The number of ether oxygens (including phenoxy) is 1. The molecule has 0 atom stereocenters. The Bertz CT molecular complexity index is 770. The third-order valence-corrected chi connectivity index (χ3v) is 7.38. The molecule has 1 aliphatic carbocycles. The highest BCUT2D eigenvalue weighted by Gasteiger charge is 2.14. The lowest BCUT2D eigenvalue weighted by Gasteiger charge is -2.12. The molecule has 0 amide bonds. The van der Waals surface area contributed by atoms with Crippen molar-refractivity contribution >= 4 is 0 Å². The largest absolute Gasteiger partial charge is 0.477 e. The second kappa shape index (κ2) is 16.7. The summed E-state index contributed by atoms with van der Waals surface area (Å²) in [6, 6.07) is 10.2. The van der Waals surface area contributed by atoms with E-state index in [1.54, 1.807) is 0 Å². The summed E-state index contributed by atoms with van der Waals surface area (Å²) >= 11 is 0. The highest BCUT2D eigenvalue weighted by atomic mass is 16.5. The molecule has 0 spiro atoms. The zero-order valence-electron chi connectivity index (χ0n) is 21.8. The lowest BCUT2D eigenvalue weighted by molar-refractivity contribution is 0.289. The van der Waals surface area contributed by atoms with Gasteiger partial charge in [-0.05, 0) is 25.2 Å². The van der Waals surface area contributed by atoms with Gasteiger partial charge < -0.3 is 4.74 Å². The Morgan fingerprint density at radius 2 is 1.47 bits per heavy atom. The van der Waals surface area contributed by atoms with Crippen LogP contribution in [0.4, 0.5) is 0 Å². The lowest BCUT2D eigenvalue weighted by Crippen LogP contribution is -2.05. The fraction of sp³-hybridized carbons (Fsp3) is 0.677. The molecule has 2 aromatic rings. The molecule has 1 aromatic heterocycles. The molecular formula is C31H48N2O. The monoisotopic (exact) mass is 464 g/mol. The zero-order valence-corrected chi connectivity index (χ0v) is 21.8. The molecule has 34 heavy (non-hydrogen) atoms.